The van der Waals surface area contributed by atoms with Crippen molar-refractivity contribution in [1.82, 2.24) is 15.5 Å². The summed E-state index contributed by atoms with van der Waals surface area (Å²) in [6.07, 6.45) is 2.26. The van der Waals surface area contributed by atoms with Crippen molar-refractivity contribution in [2.75, 3.05) is 46.9 Å². The van der Waals surface area contributed by atoms with E-state index >= 15 is 0 Å². The van der Waals surface area contributed by atoms with Crippen LogP contribution in [0.3, 0.4) is 0 Å². The van der Waals surface area contributed by atoms with Gasteiger partial charge < -0.3 is 15.4 Å². The number of likely N-dealkylation sites (tertiary alicyclic amines) is 1. The molecule has 1 aromatic carbocycles. The highest BCUT2D eigenvalue weighted by molar-refractivity contribution is 6.31. The van der Waals surface area contributed by atoms with E-state index in [2.05, 4.69) is 20.5 Å². The number of ether oxygens (including phenoxy) is 1. The highest BCUT2D eigenvalue weighted by Crippen LogP contribution is 2.31. The Hall–Kier alpha value is -1.37. The maximum absolute atomic E-state index is 14.4. The highest BCUT2D eigenvalue weighted by atomic mass is 35.5. The molecule has 0 aliphatic carbocycles. The second-order valence-corrected chi connectivity index (χ2v) is 6.17. The van der Waals surface area contributed by atoms with Gasteiger partial charge in [0.15, 0.2) is 5.96 Å². The molecule has 0 saturated carbocycles. The minimum atomic E-state index is -0.261. The second-order valence-electron chi connectivity index (χ2n) is 5.77. The molecule has 1 fully saturated rings. The molecule has 0 spiro atoms. The molecule has 5 nitrogen and oxygen atoms in total. The molecule has 2 N–H and O–H groups in total. The van der Waals surface area contributed by atoms with Gasteiger partial charge in [0.1, 0.15) is 5.82 Å². The van der Waals surface area contributed by atoms with Crippen molar-refractivity contribution < 1.29 is 9.13 Å². The SMILES string of the molecule is CN=C(NCCOC)NCC(c1c(F)cccc1Cl)N1CCCC1. The van der Waals surface area contributed by atoms with Crippen molar-refractivity contribution in [2.24, 2.45) is 4.99 Å². The fourth-order valence-corrected chi connectivity index (χ4v) is 3.27. The summed E-state index contributed by atoms with van der Waals surface area (Å²) in [5.74, 6) is 0.409. The standard InChI is InChI=1S/C17H26ClFN4O/c1-20-17(21-8-11-24-2)22-12-15(23-9-3-4-10-23)16-13(18)6-5-7-14(16)19/h5-7,15H,3-4,8-12H2,1-2H3,(H2,20,21,22). The van der Waals surface area contributed by atoms with E-state index in [4.69, 9.17) is 16.3 Å². The lowest BCUT2D eigenvalue weighted by Gasteiger charge is -2.29. The van der Waals surface area contributed by atoms with Gasteiger partial charge in [-0.25, -0.2) is 4.39 Å². The van der Waals surface area contributed by atoms with Crippen LogP contribution in [0.25, 0.3) is 0 Å². The van der Waals surface area contributed by atoms with Gasteiger partial charge in [-0.3, -0.25) is 9.89 Å². The number of nitrogens with one attached hydrogen (secondary N) is 2. The van der Waals surface area contributed by atoms with Crippen LogP contribution in [0.4, 0.5) is 4.39 Å². The molecule has 24 heavy (non-hydrogen) atoms. The van der Waals surface area contributed by atoms with Crippen LogP contribution in [-0.4, -0.2) is 57.8 Å². The van der Waals surface area contributed by atoms with Gasteiger partial charge in [-0.05, 0) is 38.1 Å². The summed E-state index contributed by atoms with van der Waals surface area (Å²) in [7, 11) is 3.37. The largest absolute Gasteiger partial charge is 0.383 e. The zero-order valence-corrected chi connectivity index (χ0v) is 15.1. The predicted molar refractivity (Wildman–Crippen MR) is 96.2 cm³/mol. The fourth-order valence-electron chi connectivity index (χ4n) is 2.98. The van der Waals surface area contributed by atoms with E-state index in [1.165, 1.54) is 6.07 Å². The maximum Gasteiger partial charge on any atom is 0.191 e. The average Bonchev–Trinajstić information content (AvgIpc) is 3.10. The van der Waals surface area contributed by atoms with Crippen molar-refractivity contribution in [3.63, 3.8) is 0 Å². The van der Waals surface area contributed by atoms with Crippen LogP contribution in [-0.2, 0) is 4.74 Å². The summed E-state index contributed by atoms with van der Waals surface area (Å²) in [5, 5.41) is 6.91. The zero-order chi connectivity index (χ0) is 17.4. The molecule has 0 amide bonds. The minimum absolute atomic E-state index is 0.123. The van der Waals surface area contributed by atoms with Crippen molar-refractivity contribution in [3.05, 3.63) is 34.6 Å². The van der Waals surface area contributed by atoms with Gasteiger partial charge in [-0.1, -0.05) is 17.7 Å². The third kappa shape index (κ3) is 5.06. The summed E-state index contributed by atoms with van der Waals surface area (Å²) in [4.78, 5) is 6.47. The lowest BCUT2D eigenvalue weighted by molar-refractivity contribution is 0.203. The summed E-state index contributed by atoms with van der Waals surface area (Å²) in [5.41, 5.74) is 0.556. The topological polar surface area (TPSA) is 48.9 Å². The first-order valence-corrected chi connectivity index (χ1v) is 8.66. The molecule has 1 unspecified atom stereocenters. The number of halogens is 2. The van der Waals surface area contributed by atoms with E-state index in [-0.39, 0.29) is 11.9 Å². The third-order valence-electron chi connectivity index (χ3n) is 4.20. The Morgan fingerprint density at radius 2 is 2.12 bits per heavy atom. The first kappa shape index (κ1) is 19.0. The molecule has 134 valence electrons. The smallest absolute Gasteiger partial charge is 0.191 e. The third-order valence-corrected chi connectivity index (χ3v) is 4.53. The molecule has 0 radical (unpaired) electrons. The van der Waals surface area contributed by atoms with Gasteiger partial charge >= 0.3 is 0 Å². The number of nitrogens with zero attached hydrogens (tertiary/aromatic N) is 2. The lowest BCUT2D eigenvalue weighted by atomic mass is 10.0. The van der Waals surface area contributed by atoms with E-state index in [0.29, 0.717) is 36.2 Å². The summed E-state index contributed by atoms with van der Waals surface area (Å²) < 4.78 is 19.4. The van der Waals surface area contributed by atoms with Crippen LogP contribution in [0.5, 0.6) is 0 Å². The maximum atomic E-state index is 14.4. The summed E-state index contributed by atoms with van der Waals surface area (Å²) in [6, 6.07) is 4.73. The number of hydrogen-bond acceptors (Lipinski definition) is 3. The Bertz CT molecular complexity index is 529. The number of aliphatic imine (C=N–C) groups is 1. The van der Waals surface area contributed by atoms with E-state index in [0.717, 1.165) is 25.9 Å². The first-order valence-electron chi connectivity index (χ1n) is 8.28. The summed E-state index contributed by atoms with van der Waals surface area (Å²) in [6.45, 7) is 3.69. The number of methoxy groups -OCH3 is 1. The molecule has 1 saturated heterocycles. The van der Waals surface area contributed by atoms with Gasteiger partial charge in [-0.15, -0.1) is 0 Å². The molecule has 1 atom stereocenters. The van der Waals surface area contributed by atoms with Gasteiger partial charge in [-0.2, -0.15) is 0 Å². The van der Waals surface area contributed by atoms with Gasteiger partial charge in [0.05, 0.1) is 12.6 Å². The van der Waals surface area contributed by atoms with Crippen molar-refractivity contribution in [3.8, 4) is 0 Å². The van der Waals surface area contributed by atoms with Crippen molar-refractivity contribution >= 4 is 17.6 Å². The predicted octanol–water partition coefficient (Wildman–Crippen LogP) is 2.43. The first-order chi connectivity index (χ1) is 11.7. The number of benzene rings is 1. The number of guanidine groups is 1. The van der Waals surface area contributed by atoms with E-state index in [9.17, 15) is 4.39 Å². The van der Waals surface area contributed by atoms with Gasteiger partial charge in [0.25, 0.3) is 0 Å². The van der Waals surface area contributed by atoms with Crippen molar-refractivity contribution in [1.29, 1.82) is 0 Å². The van der Waals surface area contributed by atoms with Crippen LogP contribution in [0, 0.1) is 5.82 Å². The second kappa shape index (κ2) is 9.81. The normalized spacial score (nSPS) is 17.1. The van der Waals surface area contributed by atoms with E-state index in [1.807, 2.05) is 0 Å². The van der Waals surface area contributed by atoms with E-state index in [1.54, 1.807) is 26.3 Å². The molecule has 0 bridgehead atoms. The van der Waals surface area contributed by atoms with Gasteiger partial charge in [0.2, 0.25) is 0 Å². The average molecular weight is 357 g/mol. The summed E-state index contributed by atoms with van der Waals surface area (Å²) >= 11 is 6.30. The molecular weight excluding hydrogens is 331 g/mol. The zero-order valence-electron chi connectivity index (χ0n) is 14.3. The fraction of sp³-hybridized carbons (Fsp3) is 0.588. The highest BCUT2D eigenvalue weighted by Gasteiger charge is 2.27. The molecule has 1 aliphatic heterocycles. The van der Waals surface area contributed by atoms with Crippen LogP contribution in [0.2, 0.25) is 5.02 Å². The molecule has 1 heterocycles. The Labute approximate surface area is 148 Å². The molecular formula is C17H26ClFN4O. The Balaban J connectivity index is 2.09. The quantitative estimate of drug-likeness (QED) is 0.447. The Morgan fingerprint density at radius 3 is 2.75 bits per heavy atom. The lowest BCUT2D eigenvalue weighted by Crippen LogP contribution is -2.43. The molecule has 1 aromatic rings. The van der Waals surface area contributed by atoms with Crippen LogP contribution < -0.4 is 10.6 Å². The number of rotatable bonds is 7. The number of hydrogen-bond donors (Lipinski definition) is 2. The Morgan fingerprint density at radius 1 is 1.38 bits per heavy atom. The molecule has 7 heteroatoms. The molecule has 2 rings (SSSR count). The van der Waals surface area contributed by atoms with Crippen LogP contribution in [0.15, 0.2) is 23.2 Å². The molecule has 1 aliphatic rings. The van der Waals surface area contributed by atoms with Gasteiger partial charge in [0, 0.05) is 37.8 Å². The minimum Gasteiger partial charge on any atom is -0.383 e. The van der Waals surface area contributed by atoms with Crippen LogP contribution in [0.1, 0.15) is 24.4 Å². The van der Waals surface area contributed by atoms with Crippen LogP contribution >= 0.6 is 11.6 Å². The van der Waals surface area contributed by atoms with E-state index < -0.39 is 0 Å². The monoisotopic (exact) mass is 356 g/mol. The molecule has 0 aromatic heterocycles. The Kier molecular flexibility index (Phi) is 7.75. The van der Waals surface area contributed by atoms with Crippen molar-refractivity contribution in [2.45, 2.75) is 18.9 Å².